The topological polar surface area (TPSA) is 85.9 Å². The van der Waals surface area contributed by atoms with E-state index in [0.29, 0.717) is 24.3 Å². The molecule has 24 heavy (non-hydrogen) atoms. The first kappa shape index (κ1) is 15.2. The van der Waals surface area contributed by atoms with Crippen LogP contribution in [-0.2, 0) is 11.2 Å². The van der Waals surface area contributed by atoms with Crippen molar-refractivity contribution >= 4 is 16.8 Å². The fraction of sp³-hybridized carbons (Fsp3) is 0.474. The highest BCUT2D eigenvalue weighted by Crippen LogP contribution is 2.45. The fourth-order valence-electron chi connectivity index (χ4n) is 4.79. The van der Waals surface area contributed by atoms with Crippen LogP contribution in [0.3, 0.4) is 0 Å². The molecule has 0 radical (unpaired) electrons. The van der Waals surface area contributed by atoms with Crippen LogP contribution in [0.5, 0.6) is 0 Å². The molecular formula is C19H22N4O. The molecule has 4 atom stereocenters. The number of hydrogen-bond donors (Lipinski definition) is 2. The normalized spacial score (nSPS) is 27.4. The highest BCUT2D eigenvalue weighted by molar-refractivity contribution is 5.88. The Morgan fingerprint density at radius 3 is 3.12 bits per heavy atom. The second-order valence-corrected chi connectivity index (χ2v) is 7.32. The minimum atomic E-state index is -0.679. The number of nitrogens with one attached hydrogen (secondary N) is 1. The average Bonchev–Trinajstić information content (AvgIpc) is 2.98. The van der Waals surface area contributed by atoms with E-state index in [4.69, 9.17) is 5.73 Å². The maximum Gasteiger partial charge on any atom is 0.234 e. The molecule has 1 aromatic carbocycles. The Morgan fingerprint density at radius 1 is 1.54 bits per heavy atom. The Labute approximate surface area is 141 Å². The van der Waals surface area contributed by atoms with Crippen molar-refractivity contribution in [1.82, 2.24) is 9.88 Å². The first-order chi connectivity index (χ1) is 11.6. The lowest BCUT2D eigenvalue weighted by Crippen LogP contribution is -2.48. The third kappa shape index (κ3) is 2.30. The minimum Gasteiger partial charge on any atom is -0.369 e. The molecule has 5 heteroatoms. The van der Waals surface area contributed by atoms with Gasteiger partial charge in [0.15, 0.2) is 0 Å². The van der Waals surface area contributed by atoms with Crippen LogP contribution in [0.25, 0.3) is 10.9 Å². The number of primary amides is 1. The Morgan fingerprint density at radius 2 is 2.38 bits per heavy atom. The van der Waals surface area contributed by atoms with Gasteiger partial charge in [-0.2, -0.15) is 5.26 Å². The first-order valence-corrected chi connectivity index (χ1v) is 8.56. The van der Waals surface area contributed by atoms with Crippen LogP contribution in [0, 0.1) is 23.2 Å². The number of amides is 1. The number of nitrogens with two attached hydrogens (primary N) is 1. The van der Waals surface area contributed by atoms with E-state index in [1.54, 1.807) is 0 Å². The quantitative estimate of drug-likeness (QED) is 0.908. The zero-order valence-electron chi connectivity index (χ0n) is 13.8. The Hall–Kier alpha value is -2.32. The molecule has 1 fully saturated rings. The summed E-state index contributed by atoms with van der Waals surface area (Å²) in [5.74, 6) is -0.403. The summed E-state index contributed by atoms with van der Waals surface area (Å²) in [6, 6.07) is 9.04. The van der Waals surface area contributed by atoms with Gasteiger partial charge in [-0.05, 0) is 49.4 Å². The van der Waals surface area contributed by atoms with E-state index >= 15 is 0 Å². The summed E-state index contributed by atoms with van der Waals surface area (Å²) >= 11 is 0. The van der Waals surface area contributed by atoms with Crippen molar-refractivity contribution in [1.29, 1.82) is 5.26 Å². The maximum absolute atomic E-state index is 11.4. The summed E-state index contributed by atoms with van der Waals surface area (Å²) in [5, 5.41) is 10.6. The fourth-order valence-corrected chi connectivity index (χ4v) is 4.79. The molecule has 0 spiro atoms. The molecule has 5 nitrogen and oxygen atoms in total. The van der Waals surface area contributed by atoms with E-state index < -0.39 is 11.8 Å². The second kappa shape index (κ2) is 5.64. The van der Waals surface area contributed by atoms with E-state index in [1.807, 2.05) is 0 Å². The molecule has 4 rings (SSSR count). The van der Waals surface area contributed by atoms with Gasteiger partial charge in [-0.1, -0.05) is 12.1 Å². The second-order valence-electron chi connectivity index (χ2n) is 7.32. The van der Waals surface area contributed by atoms with Crippen molar-refractivity contribution in [3.05, 3.63) is 35.5 Å². The number of benzene rings is 1. The zero-order chi connectivity index (χ0) is 16.8. The van der Waals surface area contributed by atoms with E-state index in [0.717, 1.165) is 19.4 Å². The number of carbonyl (C=O) groups excluding carboxylic acids is 1. The first-order valence-electron chi connectivity index (χ1n) is 8.56. The highest BCUT2D eigenvalue weighted by atomic mass is 16.1. The third-order valence-electron chi connectivity index (χ3n) is 5.88. The van der Waals surface area contributed by atoms with Crippen molar-refractivity contribution in [2.24, 2.45) is 17.6 Å². The van der Waals surface area contributed by atoms with Crippen LogP contribution in [0.15, 0.2) is 24.4 Å². The number of piperidine rings is 1. The minimum absolute atomic E-state index is 0.323. The maximum atomic E-state index is 11.4. The summed E-state index contributed by atoms with van der Waals surface area (Å²) in [6.07, 6.45) is 4.78. The lowest BCUT2D eigenvalue weighted by atomic mass is 9.71. The number of aromatic nitrogens is 1. The Bertz CT molecular complexity index is 833. The van der Waals surface area contributed by atoms with E-state index in [-0.39, 0.29) is 0 Å². The lowest BCUT2D eigenvalue weighted by Gasteiger charge is -2.45. The molecule has 1 aliphatic carbocycles. The van der Waals surface area contributed by atoms with Crippen LogP contribution in [0.2, 0.25) is 0 Å². The number of hydrogen-bond acceptors (Lipinski definition) is 3. The van der Waals surface area contributed by atoms with Gasteiger partial charge in [0.2, 0.25) is 5.91 Å². The molecule has 3 N–H and O–H groups in total. The number of H-pyrrole nitrogens is 1. The van der Waals surface area contributed by atoms with E-state index in [2.05, 4.69) is 47.4 Å². The van der Waals surface area contributed by atoms with E-state index in [9.17, 15) is 10.1 Å². The van der Waals surface area contributed by atoms with Crippen LogP contribution in [0.4, 0.5) is 0 Å². The molecule has 1 aromatic heterocycles. The van der Waals surface area contributed by atoms with Crippen molar-refractivity contribution in [3.63, 3.8) is 0 Å². The van der Waals surface area contributed by atoms with Crippen molar-refractivity contribution in [2.45, 2.75) is 31.2 Å². The number of likely N-dealkylation sites (N-methyl/N-ethyl adjacent to an activating group) is 1. The summed E-state index contributed by atoms with van der Waals surface area (Å²) in [5.41, 5.74) is 9.38. The van der Waals surface area contributed by atoms with Crippen LogP contribution < -0.4 is 5.73 Å². The van der Waals surface area contributed by atoms with Gasteiger partial charge in [0.05, 0.1) is 6.07 Å². The molecular weight excluding hydrogens is 300 g/mol. The van der Waals surface area contributed by atoms with Gasteiger partial charge in [-0.15, -0.1) is 0 Å². The zero-order valence-corrected chi connectivity index (χ0v) is 13.8. The molecule has 1 aliphatic heterocycles. The monoisotopic (exact) mass is 322 g/mol. The van der Waals surface area contributed by atoms with E-state index in [1.165, 1.54) is 22.0 Å². The van der Waals surface area contributed by atoms with Gasteiger partial charge in [0.1, 0.15) is 5.92 Å². The lowest BCUT2D eigenvalue weighted by molar-refractivity contribution is -0.120. The number of rotatable bonds is 3. The van der Waals surface area contributed by atoms with Crippen LogP contribution in [-0.4, -0.2) is 35.4 Å². The predicted octanol–water partition coefficient (Wildman–Crippen LogP) is 2.14. The number of aromatic amines is 1. The van der Waals surface area contributed by atoms with Gasteiger partial charge in [0.25, 0.3) is 0 Å². The largest absolute Gasteiger partial charge is 0.369 e. The number of nitrogens with zero attached hydrogens (tertiary/aromatic N) is 2. The summed E-state index contributed by atoms with van der Waals surface area (Å²) in [7, 11) is 2.16. The third-order valence-corrected chi connectivity index (χ3v) is 5.88. The number of fused-ring (bicyclic) bond motifs is 2. The predicted molar refractivity (Wildman–Crippen MR) is 92.2 cm³/mol. The molecule has 2 aromatic rings. The van der Waals surface area contributed by atoms with Gasteiger partial charge in [-0.25, -0.2) is 0 Å². The van der Waals surface area contributed by atoms with Gasteiger partial charge >= 0.3 is 0 Å². The SMILES string of the molecule is CN1C[C@H](C[C@H](C#N)C(N)=O)C[C@@H]2c3cccc4[nH]cc(c34)C[C@H]21. The Balaban J connectivity index is 1.66. The standard InChI is InChI=1S/C19H22N4O/c1-23-10-11(5-12(8-20)19(21)24)6-15-14-3-2-4-16-18(14)13(9-22-16)7-17(15)23/h2-4,9,11-12,15,17,22H,5-7,10H2,1H3,(H2,21,24)/t11-,12-,15-,17-/m1/s1. The smallest absolute Gasteiger partial charge is 0.234 e. The molecule has 1 amide bonds. The summed E-state index contributed by atoms with van der Waals surface area (Å²) in [4.78, 5) is 17.2. The van der Waals surface area contributed by atoms with Crippen molar-refractivity contribution in [2.75, 3.05) is 13.6 Å². The summed E-state index contributed by atoms with van der Waals surface area (Å²) < 4.78 is 0. The number of nitriles is 1. The summed E-state index contributed by atoms with van der Waals surface area (Å²) in [6.45, 7) is 0.919. The highest BCUT2D eigenvalue weighted by Gasteiger charge is 2.40. The molecule has 0 saturated carbocycles. The van der Waals surface area contributed by atoms with Gasteiger partial charge < -0.3 is 15.6 Å². The molecule has 1 saturated heterocycles. The number of carbonyl (C=O) groups is 1. The van der Waals surface area contributed by atoms with Crippen molar-refractivity contribution in [3.8, 4) is 6.07 Å². The van der Waals surface area contributed by atoms with Gasteiger partial charge in [-0.3, -0.25) is 4.79 Å². The van der Waals surface area contributed by atoms with Crippen molar-refractivity contribution < 1.29 is 4.79 Å². The molecule has 0 unspecified atom stereocenters. The average molecular weight is 322 g/mol. The molecule has 2 aliphatic rings. The molecule has 124 valence electrons. The molecule has 0 bridgehead atoms. The van der Waals surface area contributed by atoms with Gasteiger partial charge in [0, 0.05) is 35.6 Å². The van der Waals surface area contributed by atoms with Crippen LogP contribution in [0.1, 0.15) is 29.9 Å². The Kier molecular flexibility index (Phi) is 3.58. The van der Waals surface area contributed by atoms with Crippen LogP contribution >= 0.6 is 0 Å². The molecule has 2 heterocycles. The number of likely N-dealkylation sites (tertiary alicyclic amines) is 1.